The molecule has 0 saturated carbocycles. The molecule has 0 radical (unpaired) electrons. The number of benzene rings is 1. The van der Waals surface area contributed by atoms with Crippen LogP contribution in [0.4, 0.5) is 5.69 Å². The van der Waals surface area contributed by atoms with Crippen molar-refractivity contribution in [3.63, 3.8) is 0 Å². The predicted octanol–water partition coefficient (Wildman–Crippen LogP) is 2.80. The average Bonchev–Trinajstić information content (AvgIpc) is 2.95. The molecule has 1 aromatic carbocycles. The summed E-state index contributed by atoms with van der Waals surface area (Å²) in [5.41, 5.74) is 1.98. The largest absolute Gasteiger partial charge is 0.340 e. The molecule has 28 heavy (non-hydrogen) atoms. The summed E-state index contributed by atoms with van der Waals surface area (Å²) in [7, 11) is 0. The average molecular weight is 406 g/mol. The van der Waals surface area contributed by atoms with E-state index < -0.39 is 4.92 Å². The van der Waals surface area contributed by atoms with E-state index in [2.05, 4.69) is 10.00 Å². The number of amides is 1. The Balaban J connectivity index is 1.50. The van der Waals surface area contributed by atoms with E-state index in [-0.39, 0.29) is 18.0 Å². The van der Waals surface area contributed by atoms with Crippen molar-refractivity contribution in [3.05, 3.63) is 56.4 Å². The molecule has 0 N–H and O–H groups in total. The number of aryl methyl sites for hydroxylation is 2. The van der Waals surface area contributed by atoms with E-state index in [9.17, 15) is 14.9 Å². The van der Waals surface area contributed by atoms with Crippen LogP contribution in [0.5, 0.6) is 0 Å². The van der Waals surface area contributed by atoms with Gasteiger partial charge in [-0.3, -0.25) is 24.5 Å². The molecule has 2 heterocycles. The van der Waals surface area contributed by atoms with Gasteiger partial charge in [0.15, 0.2) is 0 Å². The molecule has 0 aliphatic carbocycles. The molecule has 0 bridgehead atoms. The summed E-state index contributed by atoms with van der Waals surface area (Å²) < 4.78 is 1.55. The van der Waals surface area contributed by atoms with Gasteiger partial charge in [0, 0.05) is 44.2 Å². The molecular weight excluding hydrogens is 382 g/mol. The summed E-state index contributed by atoms with van der Waals surface area (Å²) in [6.07, 6.45) is 0.281. The first-order chi connectivity index (χ1) is 13.4. The molecule has 1 aromatic heterocycles. The van der Waals surface area contributed by atoms with Gasteiger partial charge in [0.25, 0.3) is 0 Å². The number of nitro groups is 1. The van der Waals surface area contributed by atoms with Crippen molar-refractivity contribution < 1.29 is 9.72 Å². The van der Waals surface area contributed by atoms with Crippen LogP contribution >= 0.6 is 11.6 Å². The van der Waals surface area contributed by atoms with Crippen molar-refractivity contribution in [1.29, 1.82) is 0 Å². The minimum atomic E-state index is -0.422. The van der Waals surface area contributed by atoms with E-state index >= 15 is 0 Å². The summed E-state index contributed by atoms with van der Waals surface area (Å²) >= 11 is 6.23. The van der Waals surface area contributed by atoms with E-state index in [4.69, 9.17) is 11.6 Å². The minimum absolute atomic E-state index is 0.0284. The second-order valence-corrected chi connectivity index (χ2v) is 7.41. The zero-order chi connectivity index (χ0) is 20.3. The Morgan fingerprint density at radius 1 is 1.21 bits per heavy atom. The van der Waals surface area contributed by atoms with Crippen LogP contribution in [0.25, 0.3) is 0 Å². The molecule has 8 nitrogen and oxygen atoms in total. The quantitative estimate of drug-likeness (QED) is 0.545. The molecule has 150 valence electrons. The number of hydrogen-bond donors (Lipinski definition) is 0. The molecule has 3 rings (SSSR count). The standard InChI is InChI=1S/C19H24ClN5O3/c1-14-19(25(27)28)15(2)24(21-14)8-7-18(26)23-11-9-22(10-12-23)13-16-5-3-4-6-17(16)20/h3-6H,7-13H2,1-2H3. The Morgan fingerprint density at radius 2 is 1.89 bits per heavy atom. The van der Waals surface area contributed by atoms with E-state index in [0.29, 0.717) is 31.0 Å². The monoisotopic (exact) mass is 405 g/mol. The first-order valence-corrected chi connectivity index (χ1v) is 9.66. The smallest absolute Gasteiger partial charge is 0.312 e. The lowest BCUT2D eigenvalue weighted by molar-refractivity contribution is -0.386. The number of piperazine rings is 1. The van der Waals surface area contributed by atoms with Gasteiger partial charge in [-0.1, -0.05) is 29.8 Å². The molecule has 1 fully saturated rings. The van der Waals surface area contributed by atoms with Crippen LogP contribution in [0.1, 0.15) is 23.4 Å². The van der Waals surface area contributed by atoms with Crippen LogP contribution in [0, 0.1) is 24.0 Å². The van der Waals surface area contributed by atoms with Crippen molar-refractivity contribution in [3.8, 4) is 0 Å². The van der Waals surface area contributed by atoms with Gasteiger partial charge in [-0.05, 0) is 25.5 Å². The van der Waals surface area contributed by atoms with Gasteiger partial charge in [-0.15, -0.1) is 0 Å². The Morgan fingerprint density at radius 3 is 2.50 bits per heavy atom. The fourth-order valence-corrected chi connectivity index (χ4v) is 3.75. The maximum Gasteiger partial charge on any atom is 0.312 e. The van der Waals surface area contributed by atoms with Crippen molar-refractivity contribution in [2.75, 3.05) is 26.2 Å². The third kappa shape index (κ3) is 4.51. The summed E-state index contributed by atoms with van der Waals surface area (Å²) in [6, 6.07) is 7.80. The lowest BCUT2D eigenvalue weighted by Gasteiger charge is -2.35. The van der Waals surface area contributed by atoms with Gasteiger partial charge in [0.1, 0.15) is 11.4 Å². The van der Waals surface area contributed by atoms with Gasteiger partial charge in [-0.25, -0.2) is 0 Å². The number of carbonyl (C=O) groups is 1. The fraction of sp³-hybridized carbons (Fsp3) is 0.474. The fourth-order valence-electron chi connectivity index (χ4n) is 3.55. The highest BCUT2D eigenvalue weighted by molar-refractivity contribution is 6.31. The molecular formula is C19H24ClN5O3. The number of carbonyl (C=O) groups excluding carboxylic acids is 1. The number of aromatic nitrogens is 2. The minimum Gasteiger partial charge on any atom is -0.340 e. The van der Waals surface area contributed by atoms with E-state index in [0.717, 1.165) is 30.2 Å². The second-order valence-electron chi connectivity index (χ2n) is 7.00. The van der Waals surface area contributed by atoms with Gasteiger partial charge < -0.3 is 4.90 Å². The maximum atomic E-state index is 12.5. The zero-order valence-corrected chi connectivity index (χ0v) is 16.9. The Hall–Kier alpha value is -2.45. The SMILES string of the molecule is Cc1nn(CCC(=O)N2CCN(Cc3ccccc3Cl)CC2)c(C)c1[N+](=O)[O-]. The molecule has 1 amide bonds. The summed E-state index contributed by atoms with van der Waals surface area (Å²) in [4.78, 5) is 27.3. The number of rotatable bonds is 6. The molecule has 0 atom stereocenters. The second kappa shape index (κ2) is 8.70. The lowest BCUT2D eigenvalue weighted by atomic mass is 10.2. The van der Waals surface area contributed by atoms with E-state index in [1.807, 2.05) is 29.2 Å². The summed E-state index contributed by atoms with van der Waals surface area (Å²) in [6.45, 7) is 7.32. The number of halogens is 1. The van der Waals surface area contributed by atoms with Gasteiger partial charge in [0.2, 0.25) is 5.91 Å². The predicted molar refractivity (Wildman–Crippen MR) is 106 cm³/mol. The van der Waals surface area contributed by atoms with Crippen LogP contribution in [-0.2, 0) is 17.9 Å². The first-order valence-electron chi connectivity index (χ1n) is 9.28. The van der Waals surface area contributed by atoms with Crippen LogP contribution in [-0.4, -0.2) is 56.6 Å². The highest BCUT2D eigenvalue weighted by Crippen LogP contribution is 2.22. The Bertz CT molecular complexity index is 874. The molecule has 0 unspecified atom stereocenters. The third-order valence-electron chi connectivity index (χ3n) is 5.14. The Labute approximate surface area is 168 Å². The molecule has 1 aliphatic heterocycles. The van der Waals surface area contributed by atoms with Crippen molar-refractivity contribution >= 4 is 23.2 Å². The van der Waals surface area contributed by atoms with E-state index in [1.165, 1.54) is 0 Å². The first kappa shape index (κ1) is 20.3. The third-order valence-corrected chi connectivity index (χ3v) is 5.51. The van der Waals surface area contributed by atoms with Crippen molar-refractivity contribution in [2.45, 2.75) is 33.4 Å². The lowest BCUT2D eigenvalue weighted by Crippen LogP contribution is -2.48. The summed E-state index contributed by atoms with van der Waals surface area (Å²) in [5, 5.41) is 16.1. The normalized spacial score (nSPS) is 15.0. The topological polar surface area (TPSA) is 84.5 Å². The highest BCUT2D eigenvalue weighted by atomic mass is 35.5. The van der Waals surface area contributed by atoms with Gasteiger partial charge in [-0.2, -0.15) is 5.10 Å². The van der Waals surface area contributed by atoms with E-state index in [1.54, 1.807) is 18.5 Å². The number of nitrogens with zero attached hydrogens (tertiary/aromatic N) is 5. The van der Waals surface area contributed by atoms with Crippen LogP contribution in [0.3, 0.4) is 0 Å². The molecule has 1 saturated heterocycles. The van der Waals surface area contributed by atoms with Gasteiger partial charge in [0.05, 0.1) is 11.5 Å². The Kier molecular flexibility index (Phi) is 6.31. The number of hydrogen-bond acceptors (Lipinski definition) is 5. The van der Waals surface area contributed by atoms with Crippen LogP contribution < -0.4 is 0 Å². The van der Waals surface area contributed by atoms with Crippen LogP contribution in [0.15, 0.2) is 24.3 Å². The molecule has 9 heteroatoms. The van der Waals surface area contributed by atoms with Crippen LogP contribution in [0.2, 0.25) is 5.02 Å². The molecule has 0 spiro atoms. The molecule has 2 aromatic rings. The molecule has 1 aliphatic rings. The zero-order valence-electron chi connectivity index (χ0n) is 16.1. The van der Waals surface area contributed by atoms with Gasteiger partial charge >= 0.3 is 5.69 Å². The van der Waals surface area contributed by atoms with Crippen molar-refractivity contribution in [1.82, 2.24) is 19.6 Å². The summed E-state index contributed by atoms with van der Waals surface area (Å²) in [5.74, 6) is 0.0487. The van der Waals surface area contributed by atoms with Crippen molar-refractivity contribution in [2.24, 2.45) is 0 Å². The highest BCUT2D eigenvalue weighted by Gasteiger charge is 2.24. The maximum absolute atomic E-state index is 12.5.